The first kappa shape index (κ1) is 10.4. The maximum atomic E-state index is 12.3. The Morgan fingerprint density at radius 2 is 1.86 bits per heavy atom. The number of nitrogens with zero attached hydrogens (tertiary/aromatic N) is 2. The highest BCUT2D eigenvalue weighted by Crippen LogP contribution is 2.46. The van der Waals surface area contributed by atoms with Crippen LogP contribution >= 0.6 is 0 Å². The molecular formula is C11H21N2O. The number of hydroxylamine groups is 2. The first-order valence-electron chi connectivity index (χ1n) is 5.61. The van der Waals surface area contributed by atoms with E-state index in [4.69, 9.17) is 0 Å². The third-order valence-electron chi connectivity index (χ3n) is 4.42. The summed E-state index contributed by atoms with van der Waals surface area (Å²) in [4.78, 5) is 2.26. The molecule has 2 rings (SSSR count). The summed E-state index contributed by atoms with van der Waals surface area (Å²) in [6.07, 6.45) is 4.70. The average Bonchev–Trinajstić information content (AvgIpc) is 2.27. The minimum atomic E-state index is -0.330. The molecule has 2 fully saturated rings. The third kappa shape index (κ3) is 1.09. The smallest absolute Gasteiger partial charge is 0.0959 e. The third-order valence-corrected chi connectivity index (χ3v) is 4.42. The summed E-state index contributed by atoms with van der Waals surface area (Å²) < 4.78 is 0. The van der Waals surface area contributed by atoms with Gasteiger partial charge in [0.1, 0.15) is 0 Å². The molecule has 2 aliphatic rings. The summed E-state index contributed by atoms with van der Waals surface area (Å²) in [5.41, 5.74) is -0.472. The van der Waals surface area contributed by atoms with Crippen LogP contribution in [0.3, 0.4) is 0 Å². The van der Waals surface area contributed by atoms with Crippen molar-refractivity contribution in [3.63, 3.8) is 0 Å². The van der Waals surface area contributed by atoms with Gasteiger partial charge in [0.2, 0.25) is 0 Å². The van der Waals surface area contributed by atoms with Crippen molar-refractivity contribution < 1.29 is 5.21 Å². The Bertz CT molecular complexity index is 241. The van der Waals surface area contributed by atoms with Crippen LogP contribution in [0.4, 0.5) is 0 Å². The molecule has 3 heteroatoms. The molecule has 0 N–H and O–H groups in total. The van der Waals surface area contributed by atoms with E-state index >= 15 is 0 Å². The number of hydrogen-bond donors (Lipinski definition) is 0. The molecule has 0 aromatic carbocycles. The quantitative estimate of drug-likeness (QED) is 0.594. The van der Waals surface area contributed by atoms with Crippen molar-refractivity contribution in [3.05, 3.63) is 0 Å². The minimum Gasteiger partial charge on any atom is -0.282 e. The fourth-order valence-corrected chi connectivity index (χ4v) is 3.30. The number of rotatable bonds is 0. The lowest BCUT2D eigenvalue weighted by molar-refractivity contribution is -0.264. The van der Waals surface area contributed by atoms with E-state index in [1.807, 2.05) is 13.8 Å². The highest BCUT2D eigenvalue weighted by atomic mass is 16.5. The molecule has 1 aliphatic heterocycles. The van der Waals surface area contributed by atoms with E-state index in [2.05, 4.69) is 18.9 Å². The molecule has 1 aliphatic carbocycles. The van der Waals surface area contributed by atoms with Gasteiger partial charge in [-0.05, 0) is 40.7 Å². The lowest BCUT2D eigenvalue weighted by Gasteiger charge is -2.38. The van der Waals surface area contributed by atoms with Gasteiger partial charge in [0.15, 0.2) is 0 Å². The number of hydrogen-bond acceptors (Lipinski definition) is 2. The van der Waals surface area contributed by atoms with Crippen LogP contribution in [0.2, 0.25) is 0 Å². The van der Waals surface area contributed by atoms with Crippen LogP contribution in [-0.4, -0.2) is 34.3 Å². The van der Waals surface area contributed by atoms with Gasteiger partial charge in [0, 0.05) is 6.04 Å². The maximum Gasteiger partial charge on any atom is 0.0959 e. The van der Waals surface area contributed by atoms with E-state index < -0.39 is 0 Å². The largest absolute Gasteiger partial charge is 0.282 e. The van der Waals surface area contributed by atoms with E-state index in [0.29, 0.717) is 6.04 Å². The van der Waals surface area contributed by atoms with Gasteiger partial charge in [0.25, 0.3) is 0 Å². The van der Waals surface area contributed by atoms with Gasteiger partial charge >= 0.3 is 0 Å². The molecule has 1 saturated carbocycles. The van der Waals surface area contributed by atoms with E-state index in [9.17, 15) is 5.21 Å². The SMILES string of the molecule is CN1C2CCCCC2(C)N([O])C1(C)C. The number of likely N-dealkylation sites (N-methyl/N-ethyl adjacent to an activating group) is 1. The molecule has 81 valence electrons. The molecular weight excluding hydrogens is 176 g/mol. The Hall–Kier alpha value is -0.120. The summed E-state index contributed by atoms with van der Waals surface area (Å²) in [6.45, 7) is 6.20. The molecule has 2 unspecified atom stereocenters. The Morgan fingerprint density at radius 3 is 2.43 bits per heavy atom. The minimum absolute atomic E-state index is 0.142. The molecule has 0 amide bonds. The van der Waals surface area contributed by atoms with E-state index in [1.165, 1.54) is 24.3 Å². The van der Waals surface area contributed by atoms with E-state index in [1.54, 1.807) is 0 Å². The Kier molecular flexibility index (Phi) is 2.18. The highest BCUT2D eigenvalue weighted by molar-refractivity contribution is 5.08. The molecule has 1 saturated heterocycles. The Morgan fingerprint density at radius 1 is 1.21 bits per heavy atom. The zero-order valence-corrected chi connectivity index (χ0v) is 9.71. The van der Waals surface area contributed by atoms with Crippen LogP contribution < -0.4 is 0 Å². The van der Waals surface area contributed by atoms with E-state index in [0.717, 1.165) is 6.42 Å². The van der Waals surface area contributed by atoms with Crippen molar-refractivity contribution in [1.82, 2.24) is 9.96 Å². The van der Waals surface area contributed by atoms with Crippen molar-refractivity contribution in [3.8, 4) is 0 Å². The molecule has 1 heterocycles. The van der Waals surface area contributed by atoms with Crippen molar-refractivity contribution in [1.29, 1.82) is 0 Å². The van der Waals surface area contributed by atoms with Crippen LogP contribution in [0, 0.1) is 0 Å². The van der Waals surface area contributed by atoms with Gasteiger partial charge in [-0.15, -0.1) is 10.3 Å². The van der Waals surface area contributed by atoms with Crippen LogP contribution in [0.5, 0.6) is 0 Å². The first-order chi connectivity index (χ1) is 6.40. The van der Waals surface area contributed by atoms with Crippen LogP contribution in [0.1, 0.15) is 46.5 Å². The second kappa shape index (κ2) is 2.94. The Labute approximate surface area is 86.6 Å². The summed E-state index contributed by atoms with van der Waals surface area (Å²) in [5.74, 6) is 0. The Balaban J connectivity index is 2.35. The molecule has 0 spiro atoms. The fourth-order valence-electron chi connectivity index (χ4n) is 3.30. The summed E-state index contributed by atoms with van der Waals surface area (Å²) in [5, 5.41) is 13.6. The van der Waals surface area contributed by atoms with Crippen molar-refractivity contribution in [2.24, 2.45) is 0 Å². The highest BCUT2D eigenvalue weighted by Gasteiger charge is 2.58. The normalized spacial score (nSPS) is 43.9. The summed E-state index contributed by atoms with van der Waals surface area (Å²) in [6, 6.07) is 0.448. The topological polar surface area (TPSA) is 26.4 Å². The molecule has 2 atom stereocenters. The first-order valence-corrected chi connectivity index (χ1v) is 5.61. The fraction of sp³-hybridized carbons (Fsp3) is 1.00. The zero-order valence-electron chi connectivity index (χ0n) is 9.71. The second-order valence-electron chi connectivity index (χ2n) is 5.52. The maximum absolute atomic E-state index is 12.3. The number of fused-ring (bicyclic) bond motifs is 1. The van der Waals surface area contributed by atoms with Gasteiger partial charge in [-0.2, -0.15) is 0 Å². The van der Waals surface area contributed by atoms with Crippen molar-refractivity contribution in [2.45, 2.75) is 63.7 Å². The van der Waals surface area contributed by atoms with Gasteiger partial charge in [-0.3, -0.25) is 4.90 Å². The van der Waals surface area contributed by atoms with Crippen LogP contribution in [0.15, 0.2) is 0 Å². The standard InChI is InChI=1S/C11H21N2O/c1-10(2)12(4)9-7-5-6-8-11(9,3)13(10)14/h9H,5-8H2,1-4H3. The molecule has 0 bridgehead atoms. The monoisotopic (exact) mass is 197 g/mol. The average molecular weight is 197 g/mol. The summed E-state index contributed by atoms with van der Waals surface area (Å²) >= 11 is 0. The second-order valence-corrected chi connectivity index (χ2v) is 5.52. The molecule has 0 aromatic rings. The molecule has 14 heavy (non-hydrogen) atoms. The van der Waals surface area contributed by atoms with Crippen molar-refractivity contribution in [2.75, 3.05) is 7.05 Å². The lowest BCUT2D eigenvalue weighted by Crippen LogP contribution is -2.51. The molecule has 1 radical (unpaired) electrons. The molecule has 3 nitrogen and oxygen atoms in total. The van der Waals surface area contributed by atoms with Gasteiger partial charge in [-0.25, -0.2) is 0 Å². The van der Waals surface area contributed by atoms with Gasteiger partial charge < -0.3 is 0 Å². The van der Waals surface area contributed by atoms with Gasteiger partial charge in [-0.1, -0.05) is 12.8 Å². The van der Waals surface area contributed by atoms with Gasteiger partial charge in [0.05, 0.1) is 11.2 Å². The lowest BCUT2D eigenvalue weighted by atomic mass is 9.79. The summed E-state index contributed by atoms with van der Waals surface area (Å²) in [7, 11) is 2.09. The van der Waals surface area contributed by atoms with Crippen LogP contribution in [-0.2, 0) is 5.21 Å². The predicted octanol–water partition coefficient (Wildman–Crippen LogP) is 2.02. The zero-order chi connectivity index (χ0) is 10.6. The molecule has 0 aromatic heterocycles. The van der Waals surface area contributed by atoms with Crippen molar-refractivity contribution >= 4 is 0 Å². The van der Waals surface area contributed by atoms with E-state index in [-0.39, 0.29) is 11.2 Å². The predicted molar refractivity (Wildman–Crippen MR) is 55.0 cm³/mol. The van der Waals surface area contributed by atoms with Crippen LogP contribution in [0.25, 0.3) is 0 Å².